The fourth-order valence-electron chi connectivity index (χ4n) is 2.18. The molecule has 0 spiro atoms. The Morgan fingerprint density at radius 2 is 2.00 bits per heavy atom. The molecule has 4 heteroatoms. The third kappa shape index (κ3) is 3.07. The molecular formula is C14H26ClN3. The first-order valence-electron chi connectivity index (χ1n) is 6.81. The second-order valence-electron chi connectivity index (χ2n) is 5.75. The van der Waals surface area contributed by atoms with Crippen LogP contribution in [0.25, 0.3) is 0 Å². The normalized spacial score (nSPS) is 14.2. The minimum Gasteiger partial charge on any atom is -0.308 e. The molecule has 1 N–H and O–H groups in total. The van der Waals surface area contributed by atoms with Crippen molar-refractivity contribution in [3.8, 4) is 0 Å². The SMILES string of the molecule is CCNC(c1c(Cl)cnn1C(C)C)C(C)(C)CC. The van der Waals surface area contributed by atoms with E-state index in [0.717, 1.165) is 23.7 Å². The minimum atomic E-state index is 0.145. The molecule has 0 radical (unpaired) electrons. The molecule has 104 valence electrons. The number of hydrogen-bond donors (Lipinski definition) is 1. The maximum absolute atomic E-state index is 6.36. The van der Waals surface area contributed by atoms with E-state index in [1.165, 1.54) is 0 Å². The van der Waals surface area contributed by atoms with Gasteiger partial charge in [0.05, 0.1) is 23.0 Å². The van der Waals surface area contributed by atoms with Crippen LogP contribution >= 0.6 is 11.6 Å². The largest absolute Gasteiger partial charge is 0.308 e. The molecule has 0 aliphatic rings. The predicted octanol–water partition coefficient (Wildman–Crippen LogP) is 4.20. The zero-order valence-electron chi connectivity index (χ0n) is 12.4. The van der Waals surface area contributed by atoms with Gasteiger partial charge in [-0.05, 0) is 32.2 Å². The van der Waals surface area contributed by atoms with Gasteiger partial charge in [-0.2, -0.15) is 5.10 Å². The van der Waals surface area contributed by atoms with Crippen LogP contribution in [0.5, 0.6) is 0 Å². The molecule has 0 aromatic carbocycles. The van der Waals surface area contributed by atoms with Crippen molar-refractivity contribution in [2.24, 2.45) is 5.41 Å². The van der Waals surface area contributed by atoms with Crippen LogP contribution in [-0.4, -0.2) is 16.3 Å². The number of rotatable bonds is 6. The lowest BCUT2D eigenvalue weighted by Gasteiger charge is -2.35. The van der Waals surface area contributed by atoms with Gasteiger partial charge in [0, 0.05) is 6.04 Å². The van der Waals surface area contributed by atoms with Crippen molar-refractivity contribution in [3.05, 3.63) is 16.9 Å². The van der Waals surface area contributed by atoms with Crippen molar-refractivity contribution < 1.29 is 0 Å². The lowest BCUT2D eigenvalue weighted by atomic mass is 9.80. The van der Waals surface area contributed by atoms with E-state index in [2.05, 4.69) is 52.0 Å². The van der Waals surface area contributed by atoms with E-state index in [1.54, 1.807) is 6.20 Å². The minimum absolute atomic E-state index is 0.145. The average molecular weight is 272 g/mol. The van der Waals surface area contributed by atoms with Crippen LogP contribution in [-0.2, 0) is 0 Å². The smallest absolute Gasteiger partial charge is 0.0834 e. The van der Waals surface area contributed by atoms with Crippen molar-refractivity contribution in [1.82, 2.24) is 15.1 Å². The highest BCUT2D eigenvalue weighted by molar-refractivity contribution is 6.31. The molecule has 0 saturated heterocycles. The highest BCUT2D eigenvalue weighted by Gasteiger charge is 2.33. The van der Waals surface area contributed by atoms with Crippen LogP contribution in [0.15, 0.2) is 6.20 Å². The average Bonchev–Trinajstić information content (AvgIpc) is 2.68. The third-order valence-corrected chi connectivity index (χ3v) is 3.94. The van der Waals surface area contributed by atoms with Crippen LogP contribution in [0, 0.1) is 5.41 Å². The fraction of sp³-hybridized carbons (Fsp3) is 0.786. The van der Waals surface area contributed by atoms with E-state index in [4.69, 9.17) is 11.6 Å². The van der Waals surface area contributed by atoms with Crippen molar-refractivity contribution in [1.29, 1.82) is 0 Å². The molecule has 1 heterocycles. The summed E-state index contributed by atoms with van der Waals surface area (Å²) in [4.78, 5) is 0. The van der Waals surface area contributed by atoms with Gasteiger partial charge in [-0.25, -0.2) is 0 Å². The van der Waals surface area contributed by atoms with Crippen LogP contribution in [0.1, 0.15) is 65.7 Å². The van der Waals surface area contributed by atoms with Gasteiger partial charge >= 0.3 is 0 Å². The summed E-state index contributed by atoms with van der Waals surface area (Å²) in [5.74, 6) is 0. The molecular weight excluding hydrogens is 246 g/mol. The third-order valence-electron chi connectivity index (χ3n) is 3.65. The van der Waals surface area contributed by atoms with Crippen LogP contribution in [0.2, 0.25) is 5.02 Å². The Bertz CT molecular complexity index is 382. The summed E-state index contributed by atoms with van der Waals surface area (Å²) in [6.45, 7) is 14.1. The molecule has 1 atom stereocenters. The Hall–Kier alpha value is -0.540. The van der Waals surface area contributed by atoms with E-state index in [0.29, 0.717) is 6.04 Å². The summed E-state index contributed by atoms with van der Waals surface area (Å²) in [7, 11) is 0. The number of nitrogens with zero attached hydrogens (tertiary/aromatic N) is 2. The maximum Gasteiger partial charge on any atom is 0.0834 e. The first-order valence-corrected chi connectivity index (χ1v) is 7.19. The second-order valence-corrected chi connectivity index (χ2v) is 6.16. The zero-order chi connectivity index (χ0) is 13.9. The topological polar surface area (TPSA) is 29.9 Å². The van der Waals surface area contributed by atoms with Gasteiger partial charge in [-0.3, -0.25) is 4.68 Å². The van der Waals surface area contributed by atoms with E-state index in [-0.39, 0.29) is 11.5 Å². The Labute approximate surface area is 116 Å². The molecule has 3 nitrogen and oxygen atoms in total. The summed E-state index contributed by atoms with van der Waals surface area (Å²) in [5.41, 5.74) is 1.26. The monoisotopic (exact) mass is 271 g/mol. The van der Waals surface area contributed by atoms with Gasteiger partial charge in [0.25, 0.3) is 0 Å². The van der Waals surface area contributed by atoms with E-state index in [9.17, 15) is 0 Å². The summed E-state index contributed by atoms with van der Waals surface area (Å²) >= 11 is 6.36. The zero-order valence-corrected chi connectivity index (χ0v) is 13.2. The van der Waals surface area contributed by atoms with E-state index in [1.807, 2.05) is 4.68 Å². The number of hydrogen-bond acceptors (Lipinski definition) is 2. The Kier molecular flexibility index (Phi) is 5.23. The van der Waals surface area contributed by atoms with Gasteiger partial charge in [-0.15, -0.1) is 0 Å². The standard InChI is InChI=1S/C14H26ClN3/c1-7-14(5,6)13(16-8-2)12-11(15)9-17-18(12)10(3)4/h9-10,13,16H,7-8H2,1-6H3. The summed E-state index contributed by atoms with van der Waals surface area (Å²) in [6, 6.07) is 0.547. The molecule has 0 fully saturated rings. The first kappa shape index (κ1) is 15.5. The molecule has 0 aliphatic heterocycles. The maximum atomic E-state index is 6.36. The highest BCUT2D eigenvalue weighted by Crippen LogP contribution is 2.39. The molecule has 0 bridgehead atoms. The summed E-state index contributed by atoms with van der Waals surface area (Å²) in [5, 5.41) is 8.74. The van der Waals surface area contributed by atoms with Gasteiger partial charge in [0.15, 0.2) is 0 Å². The lowest BCUT2D eigenvalue weighted by Crippen LogP contribution is -2.36. The van der Waals surface area contributed by atoms with Gasteiger partial charge in [0.2, 0.25) is 0 Å². The number of halogens is 1. The van der Waals surface area contributed by atoms with Crippen LogP contribution in [0.3, 0.4) is 0 Å². The second kappa shape index (κ2) is 6.07. The van der Waals surface area contributed by atoms with E-state index < -0.39 is 0 Å². The molecule has 18 heavy (non-hydrogen) atoms. The molecule has 1 unspecified atom stereocenters. The molecule has 0 amide bonds. The number of nitrogens with one attached hydrogen (secondary N) is 1. The molecule has 1 aromatic heterocycles. The van der Waals surface area contributed by atoms with Crippen molar-refractivity contribution in [3.63, 3.8) is 0 Å². The van der Waals surface area contributed by atoms with Gasteiger partial charge in [-0.1, -0.05) is 39.3 Å². The summed E-state index contributed by atoms with van der Waals surface area (Å²) in [6.07, 6.45) is 2.84. The Morgan fingerprint density at radius 1 is 1.39 bits per heavy atom. The fourth-order valence-corrected chi connectivity index (χ4v) is 2.42. The van der Waals surface area contributed by atoms with Crippen molar-refractivity contribution in [2.75, 3.05) is 6.54 Å². The quantitative estimate of drug-likeness (QED) is 0.840. The summed E-state index contributed by atoms with van der Waals surface area (Å²) < 4.78 is 2.03. The molecule has 0 aliphatic carbocycles. The molecule has 1 aromatic rings. The Balaban J connectivity index is 3.25. The predicted molar refractivity (Wildman–Crippen MR) is 78.1 cm³/mol. The Morgan fingerprint density at radius 3 is 2.44 bits per heavy atom. The van der Waals surface area contributed by atoms with Gasteiger partial charge < -0.3 is 5.32 Å². The van der Waals surface area contributed by atoms with Crippen LogP contribution in [0.4, 0.5) is 0 Å². The lowest BCUT2D eigenvalue weighted by molar-refractivity contribution is 0.223. The highest BCUT2D eigenvalue weighted by atomic mass is 35.5. The van der Waals surface area contributed by atoms with Gasteiger partial charge in [0.1, 0.15) is 0 Å². The molecule has 0 saturated carbocycles. The van der Waals surface area contributed by atoms with Crippen molar-refractivity contribution >= 4 is 11.6 Å². The van der Waals surface area contributed by atoms with Crippen LogP contribution < -0.4 is 5.32 Å². The van der Waals surface area contributed by atoms with E-state index >= 15 is 0 Å². The molecule has 1 rings (SSSR count). The first-order chi connectivity index (χ1) is 8.35. The van der Waals surface area contributed by atoms with Crippen molar-refractivity contribution in [2.45, 2.75) is 60.0 Å². The number of aromatic nitrogens is 2.